The number of pyridine rings is 1. The number of furan rings is 1. The Morgan fingerprint density at radius 3 is 2.50 bits per heavy atom. The van der Waals surface area contributed by atoms with Gasteiger partial charge in [0, 0.05) is 5.56 Å². The van der Waals surface area contributed by atoms with E-state index in [1.165, 1.54) is 37.7 Å². The van der Waals surface area contributed by atoms with E-state index >= 15 is 0 Å². The minimum absolute atomic E-state index is 0.261. The zero-order valence-corrected chi connectivity index (χ0v) is 13.6. The summed E-state index contributed by atoms with van der Waals surface area (Å²) in [6.45, 7) is 0. The highest BCUT2D eigenvalue weighted by atomic mass is 16.3. The van der Waals surface area contributed by atoms with Gasteiger partial charge in [-0.05, 0) is 60.7 Å². The maximum Gasteiger partial charge on any atom is 0.152 e. The molecule has 122 valence electrons. The van der Waals surface area contributed by atoms with E-state index in [0.717, 1.165) is 22.7 Å². The standard InChI is InChI=1S/C21H21NO2/c23-18-9-4-8-16(12-18)19-13-17(15-6-2-1-3-7-15)14-20(22-19)21-10-5-11-24-21/h4-5,8-15,23H,1-3,6-7H2. The van der Waals surface area contributed by atoms with Crippen LogP contribution in [0.2, 0.25) is 0 Å². The molecule has 3 nitrogen and oxygen atoms in total. The van der Waals surface area contributed by atoms with Gasteiger partial charge in [-0.2, -0.15) is 0 Å². The van der Waals surface area contributed by atoms with Gasteiger partial charge in [0.1, 0.15) is 11.4 Å². The fraction of sp³-hybridized carbons (Fsp3) is 0.286. The zero-order valence-electron chi connectivity index (χ0n) is 13.6. The molecule has 24 heavy (non-hydrogen) atoms. The third kappa shape index (κ3) is 3.07. The number of aromatic nitrogens is 1. The lowest BCUT2D eigenvalue weighted by atomic mass is 9.83. The second-order valence-electron chi connectivity index (χ2n) is 6.53. The molecule has 3 aromatic rings. The molecular weight excluding hydrogens is 298 g/mol. The molecule has 3 heteroatoms. The van der Waals surface area contributed by atoms with Crippen LogP contribution < -0.4 is 0 Å². The van der Waals surface area contributed by atoms with Gasteiger partial charge in [0.05, 0.1) is 12.0 Å². The van der Waals surface area contributed by atoms with Crippen LogP contribution in [-0.4, -0.2) is 10.1 Å². The number of hydrogen-bond acceptors (Lipinski definition) is 3. The summed E-state index contributed by atoms with van der Waals surface area (Å²) in [6, 6.07) is 15.5. The molecule has 1 saturated carbocycles. The molecule has 0 spiro atoms. The average molecular weight is 319 g/mol. The van der Waals surface area contributed by atoms with Crippen molar-refractivity contribution in [1.82, 2.24) is 4.98 Å². The Labute approximate surface area is 142 Å². The molecule has 1 aliphatic carbocycles. The van der Waals surface area contributed by atoms with Gasteiger partial charge in [-0.1, -0.05) is 31.4 Å². The Morgan fingerprint density at radius 1 is 0.917 bits per heavy atom. The topological polar surface area (TPSA) is 46.3 Å². The lowest BCUT2D eigenvalue weighted by Crippen LogP contribution is -2.05. The van der Waals surface area contributed by atoms with Crippen molar-refractivity contribution >= 4 is 0 Å². The van der Waals surface area contributed by atoms with Crippen molar-refractivity contribution in [3.05, 3.63) is 60.4 Å². The summed E-state index contributed by atoms with van der Waals surface area (Å²) in [5, 5.41) is 9.80. The molecule has 0 atom stereocenters. The van der Waals surface area contributed by atoms with E-state index in [9.17, 15) is 5.11 Å². The first-order valence-electron chi connectivity index (χ1n) is 8.65. The van der Waals surface area contributed by atoms with Crippen LogP contribution in [0.4, 0.5) is 0 Å². The molecule has 0 unspecified atom stereocenters. The van der Waals surface area contributed by atoms with E-state index in [4.69, 9.17) is 9.40 Å². The summed E-state index contributed by atoms with van der Waals surface area (Å²) in [7, 11) is 0. The summed E-state index contributed by atoms with van der Waals surface area (Å²) in [5.41, 5.74) is 4.01. The van der Waals surface area contributed by atoms with Crippen LogP contribution in [0.1, 0.15) is 43.6 Å². The van der Waals surface area contributed by atoms with Crippen molar-refractivity contribution in [3.8, 4) is 28.5 Å². The molecule has 0 radical (unpaired) electrons. The van der Waals surface area contributed by atoms with Gasteiger partial charge in [0.15, 0.2) is 5.76 Å². The van der Waals surface area contributed by atoms with Crippen molar-refractivity contribution in [2.24, 2.45) is 0 Å². The zero-order chi connectivity index (χ0) is 16.4. The van der Waals surface area contributed by atoms with Gasteiger partial charge in [0.2, 0.25) is 0 Å². The summed E-state index contributed by atoms with van der Waals surface area (Å²) in [4.78, 5) is 4.78. The van der Waals surface area contributed by atoms with Gasteiger partial charge in [0.25, 0.3) is 0 Å². The fourth-order valence-corrected chi connectivity index (χ4v) is 3.59. The Bertz CT molecular complexity index is 818. The molecule has 1 aromatic carbocycles. The molecule has 0 bridgehead atoms. The predicted molar refractivity (Wildman–Crippen MR) is 94.9 cm³/mol. The molecule has 4 rings (SSSR count). The van der Waals surface area contributed by atoms with Crippen LogP contribution in [0.3, 0.4) is 0 Å². The molecular formula is C21H21NO2. The molecule has 0 amide bonds. The van der Waals surface area contributed by atoms with E-state index in [2.05, 4.69) is 12.1 Å². The fourth-order valence-electron chi connectivity index (χ4n) is 3.59. The molecule has 1 N–H and O–H groups in total. The maximum absolute atomic E-state index is 9.80. The summed E-state index contributed by atoms with van der Waals surface area (Å²) < 4.78 is 5.56. The van der Waals surface area contributed by atoms with E-state index in [1.807, 2.05) is 24.3 Å². The van der Waals surface area contributed by atoms with Crippen LogP contribution >= 0.6 is 0 Å². The number of nitrogens with zero attached hydrogens (tertiary/aromatic N) is 1. The molecule has 1 fully saturated rings. The smallest absolute Gasteiger partial charge is 0.152 e. The number of rotatable bonds is 3. The number of phenols is 1. The molecule has 2 aromatic heterocycles. The average Bonchev–Trinajstić information content (AvgIpc) is 3.17. The second-order valence-corrected chi connectivity index (χ2v) is 6.53. The third-order valence-electron chi connectivity index (χ3n) is 4.84. The second kappa shape index (κ2) is 6.52. The first kappa shape index (κ1) is 15.0. The van der Waals surface area contributed by atoms with E-state index in [1.54, 1.807) is 18.4 Å². The Balaban J connectivity index is 1.81. The summed E-state index contributed by atoms with van der Waals surface area (Å²) in [5.74, 6) is 1.64. The number of hydrogen-bond donors (Lipinski definition) is 1. The van der Waals surface area contributed by atoms with Crippen molar-refractivity contribution in [3.63, 3.8) is 0 Å². The van der Waals surface area contributed by atoms with Crippen molar-refractivity contribution in [1.29, 1.82) is 0 Å². The van der Waals surface area contributed by atoms with Crippen LogP contribution in [-0.2, 0) is 0 Å². The summed E-state index contributed by atoms with van der Waals surface area (Å²) >= 11 is 0. The van der Waals surface area contributed by atoms with Crippen LogP contribution in [0.5, 0.6) is 5.75 Å². The normalized spacial score (nSPS) is 15.5. The van der Waals surface area contributed by atoms with Gasteiger partial charge in [-0.3, -0.25) is 0 Å². The van der Waals surface area contributed by atoms with E-state index in [-0.39, 0.29) is 5.75 Å². The minimum atomic E-state index is 0.261. The maximum atomic E-state index is 9.80. The highest BCUT2D eigenvalue weighted by Crippen LogP contribution is 2.36. The quantitative estimate of drug-likeness (QED) is 0.667. The lowest BCUT2D eigenvalue weighted by molar-refractivity contribution is 0.443. The highest BCUT2D eigenvalue weighted by Gasteiger charge is 2.18. The van der Waals surface area contributed by atoms with Gasteiger partial charge in [-0.15, -0.1) is 0 Å². The highest BCUT2D eigenvalue weighted by molar-refractivity contribution is 5.66. The van der Waals surface area contributed by atoms with Crippen molar-refractivity contribution in [2.75, 3.05) is 0 Å². The first-order chi connectivity index (χ1) is 11.8. The Hall–Kier alpha value is -2.55. The number of phenolic OH excluding ortho intramolecular Hbond substituents is 1. The van der Waals surface area contributed by atoms with E-state index in [0.29, 0.717) is 5.92 Å². The molecule has 2 heterocycles. The SMILES string of the molecule is Oc1cccc(-c2cc(C3CCCCC3)cc(-c3ccco3)n2)c1. The van der Waals surface area contributed by atoms with Gasteiger partial charge < -0.3 is 9.52 Å². The predicted octanol–water partition coefficient (Wildman–Crippen LogP) is 5.76. The van der Waals surface area contributed by atoms with Crippen LogP contribution in [0.15, 0.2) is 59.2 Å². The summed E-state index contributed by atoms with van der Waals surface area (Å²) in [6.07, 6.45) is 8.08. The van der Waals surface area contributed by atoms with Gasteiger partial charge in [-0.25, -0.2) is 4.98 Å². The minimum Gasteiger partial charge on any atom is -0.508 e. The van der Waals surface area contributed by atoms with Crippen LogP contribution in [0.25, 0.3) is 22.7 Å². The molecule has 0 aliphatic heterocycles. The number of aromatic hydroxyl groups is 1. The third-order valence-corrected chi connectivity index (χ3v) is 4.84. The number of benzene rings is 1. The largest absolute Gasteiger partial charge is 0.508 e. The molecule has 1 aliphatic rings. The first-order valence-corrected chi connectivity index (χ1v) is 8.65. The Morgan fingerprint density at radius 2 is 1.75 bits per heavy atom. The lowest BCUT2D eigenvalue weighted by Gasteiger charge is -2.23. The van der Waals surface area contributed by atoms with Gasteiger partial charge >= 0.3 is 0 Å². The van der Waals surface area contributed by atoms with Crippen molar-refractivity contribution < 1.29 is 9.52 Å². The van der Waals surface area contributed by atoms with Crippen molar-refractivity contribution in [2.45, 2.75) is 38.0 Å². The monoisotopic (exact) mass is 319 g/mol. The Kier molecular flexibility index (Phi) is 4.08. The molecule has 0 saturated heterocycles. The van der Waals surface area contributed by atoms with E-state index < -0.39 is 0 Å². The van der Waals surface area contributed by atoms with Crippen LogP contribution in [0, 0.1) is 0 Å².